The fourth-order valence-corrected chi connectivity index (χ4v) is 3.07. The van der Waals surface area contributed by atoms with Gasteiger partial charge in [-0.15, -0.1) is 0 Å². The van der Waals surface area contributed by atoms with Gasteiger partial charge in [0.1, 0.15) is 24.6 Å². The zero-order valence-corrected chi connectivity index (χ0v) is 17.2. The Morgan fingerprint density at radius 3 is 1.62 bits per heavy atom. The van der Waals surface area contributed by atoms with Crippen molar-refractivity contribution in [2.45, 2.75) is 25.9 Å². The first-order valence-electron chi connectivity index (χ1n) is 10.0. The van der Waals surface area contributed by atoms with Crippen LogP contribution in [0.3, 0.4) is 0 Å². The Labute approximate surface area is 171 Å². The Hall–Kier alpha value is -1.87. The molecule has 0 N–H and O–H groups in total. The van der Waals surface area contributed by atoms with Crippen LogP contribution in [0.2, 0.25) is 0 Å². The minimum atomic E-state index is -0.548. The lowest BCUT2D eigenvalue weighted by atomic mass is 9.93. The number of benzene rings is 1. The number of carbonyl (C=O) groups is 1. The Bertz CT molecular complexity index is 673. The van der Waals surface area contributed by atoms with Crippen molar-refractivity contribution < 1.29 is 38.0 Å². The molecule has 29 heavy (non-hydrogen) atoms. The molecule has 3 rings (SSSR count). The quantitative estimate of drug-likeness (QED) is 0.644. The van der Waals surface area contributed by atoms with Crippen LogP contribution < -0.4 is 14.2 Å². The number of hydrogen-bond donors (Lipinski definition) is 0. The van der Waals surface area contributed by atoms with Crippen molar-refractivity contribution in [2.24, 2.45) is 0 Å². The summed E-state index contributed by atoms with van der Waals surface area (Å²) in [6.45, 7) is 8.25. The number of rotatable bonds is 0. The van der Waals surface area contributed by atoms with Crippen molar-refractivity contribution in [1.29, 1.82) is 0 Å². The summed E-state index contributed by atoms with van der Waals surface area (Å²) < 4.78 is 39.6. The highest BCUT2D eigenvalue weighted by Crippen LogP contribution is 2.40. The van der Waals surface area contributed by atoms with Crippen LogP contribution in [0.15, 0.2) is 12.1 Å². The summed E-state index contributed by atoms with van der Waals surface area (Å²) in [5.74, 6) is 1.54. The second kappa shape index (κ2) is 10.8. The number of ether oxygens (including phenoxy) is 7. The Balaban J connectivity index is 1.69. The van der Waals surface area contributed by atoms with Crippen LogP contribution in [0.25, 0.3) is 0 Å². The van der Waals surface area contributed by atoms with Gasteiger partial charge in [-0.1, -0.05) is 0 Å². The summed E-state index contributed by atoms with van der Waals surface area (Å²) in [5, 5.41) is 0. The van der Waals surface area contributed by atoms with E-state index < -0.39 is 5.60 Å². The molecule has 8 nitrogen and oxygen atoms in total. The second-order valence-electron chi connectivity index (χ2n) is 7.40. The maximum Gasteiger partial charge on any atom is 0.170 e. The molecule has 0 spiro atoms. The normalized spacial score (nSPS) is 21.9. The first-order chi connectivity index (χ1) is 14.1. The molecule has 0 aliphatic carbocycles. The summed E-state index contributed by atoms with van der Waals surface area (Å²) in [4.78, 5) is 12.5. The maximum atomic E-state index is 12.5. The van der Waals surface area contributed by atoms with Gasteiger partial charge in [0.2, 0.25) is 0 Å². The monoisotopic (exact) mass is 410 g/mol. The van der Waals surface area contributed by atoms with Gasteiger partial charge in [0.15, 0.2) is 17.3 Å². The molecule has 8 heteroatoms. The minimum absolute atomic E-state index is 0.0267. The number of hydrogen-bond acceptors (Lipinski definition) is 8. The number of fused-ring (bicyclic) bond motifs is 2. The second-order valence-corrected chi connectivity index (χ2v) is 7.40. The van der Waals surface area contributed by atoms with Crippen molar-refractivity contribution in [2.75, 3.05) is 66.1 Å². The molecule has 0 fully saturated rings. The lowest BCUT2D eigenvalue weighted by Gasteiger charge is -2.32. The molecule has 0 saturated carbocycles. The fraction of sp³-hybridized carbons (Fsp3) is 0.667. The van der Waals surface area contributed by atoms with Crippen LogP contribution in [0.4, 0.5) is 0 Å². The largest absolute Gasteiger partial charge is 0.487 e. The third-order valence-corrected chi connectivity index (χ3v) is 4.41. The van der Waals surface area contributed by atoms with Crippen LogP contribution in [0, 0.1) is 0 Å². The number of Topliss-reactive ketones (excluding diaryl/α,β-unsaturated/α-hetero) is 1. The van der Waals surface area contributed by atoms with Gasteiger partial charge in [-0.25, -0.2) is 0 Å². The van der Waals surface area contributed by atoms with Gasteiger partial charge in [-0.3, -0.25) is 4.79 Å². The highest BCUT2D eigenvalue weighted by atomic mass is 16.6. The fourth-order valence-electron chi connectivity index (χ4n) is 3.07. The highest BCUT2D eigenvalue weighted by molar-refractivity contribution is 6.01. The van der Waals surface area contributed by atoms with Gasteiger partial charge in [0.25, 0.3) is 0 Å². The lowest BCUT2D eigenvalue weighted by molar-refractivity contribution is -0.00847. The third kappa shape index (κ3) is 6.85. The van der Waals surface area contributed by atoms with Gasteiger partial charge in [-0.05, 0) is 19.9 Å². The molecule has 0 aromatic heterocycles. The third-order valence-electron chi connectivity index (χ3n) is 4.41. The zero-order valence-electron chi connectivity index (χ0n) is 17.2. The van der Waals surface area contributed by atoms with Gasteiger partial charge in [0, 0.05) is 6.07 Å². The molecule has 0 amide bonds. The molecule has 0 unspecified atom stereocenters. The van der Waals surface area contributed by atoms with Crippen LogP contribution in [-0.2, 0) is 18.9 Å². The summed E-state index contributed by atoms with van der Waals surface area (Å²) in [6.07, 6.45) is 0.318. The first-order valence-corrected chi connectivity index (χ1v) is 10.0. The van der Waals surface area contributed by atoms with Gasteiger partial charge in [0.05, 0.1) is 64.8 Å². The zero-order chi connectivity index (χ0) is 20.5. The molecular formula is C21H30O8. The summed E-state index contributed by atoms with van der Waals surface area (Å²) in [7, 11) is 0. The molecule has 1 aromatic rings. The SMILES string of the molecule is CC1(C)CC(=O)c2cc3c(cc2O1)OCCOCCOCCOCCOCCO3. The smallest absolute Gasteiger partial charge is 0.170 e. The van der Waals surface area contributed by atoms with Gasteiger partial charge in [-0.2, -0.15) is 0 Å². The molecule has 2 aliphatic heterocycles. The molecule has 0 saturated heterocycles. The lowest BCUT2D eigenvalue weighted by Crippen LogP contribution is -2.35. The summed E-state index contributed by atoms with van der Waals surface area (Å²) >= 11 is 0. The molecule has 0 atom stereocenters. The summed E-state index contributed by atoms with van der Waals surface area (Å²) in [6, 6.07) is 3.41. The van der Waals surface area contributed by atoms with Gasteiger partial charge >= 0.3 is 0 Å². The molecule has 2 aliphatic rings. The van der Waals surface area contributed by atoms with E-state index in [0.717, 1.165) is 0 Å². The molecular weight excluding hydrogens is 380 g/mol. The van der Waals surface area contributed by atoms with E-state index in [9.17, 15) is 4.79 Å². The number of ketones is 1. The van der Waals surface area contributed by atoms with E-state index in [-0.39, 0.29) is 5.78 Å². The average Bonchev–Trinajstić information content (AvgIpc) is 2.66. The van der Waals surface area contributed by atoms with Crippen molar-refractivity contribution in [1.82, 2.24) is 0 Å². The standard InChI is InChI=1S/C21H30O8/c1-21(2)15-17(22)16-13-19-20(14-18(16)29-21)28-12-10-26-8-6-24-4-3-23-5-7-25-9-11-27-19/h13-14H,3-12,15H2,1-2H3. The highest BCUT2D eigenvalue weighted by Gasteiger charge is 2.33. The van der Waals surface area contributed by atoms with Gasteiger partial charge < -0.3 is 33.2 Å². The van der Waals surface area contributed by atoms with Crippen LogP contribution in [0.5, 0.6) is 17.2 Å². The van der Waals surface area contributed by atoms with E-state index in [1.165, 1.54) is 0 Å². The molecule has 2 heterocycles. The minimum Gasteiger partial charge on any atom is -0.487 e. The van der Waals surface area contributed by atoms with Crippen molar-refractivity contribution >= 4 is 5.78 Å². The van der Waals surface area contributed by atoms with E-state index >= 15 is 0 Å². The van der Waals surface area contributed by atoms with Crippen LogP contribution >= 0.6 is 0 Å². The average molecular weight is 410 g/mol. The van der Waals surface area contributed by atoms with E-state index in [1.807, 2.05) is 13.8 Å². The Kier molecular flexibility index (Phi) is 8.11. The molecule has 1 aromatic carbocycles. The van der Waals surface area contributed by atoms with E-state index in [4.69, 9.17) is 33.2 Å². The van der Waals surface area contributed by atoms with Crippen molar-refractivity contribution in [3.05, 3.63) is 17.7 Å². The Morgan fingerprint density at radius 1 is 0.655 bits per heavy atom. The van der Waals surface area contributed by atoms with Crippen LogP contribution in [0.1, 0.15) is 30.6 Å². The molecule has 162 valence electrons. The van der Waals surface area contributed by atoms with Crippen LogP contribution in [-0.4, -0.2) is 77.5 Å². The first kappa shape index (κ1) is 21.8. The predicted molar refractivity (Wildman–Crippen MR) is 104 cm³/mol. The summed E-state index contributed by atoms with van der Waals surface area (Å²) in [5.41, 5.74) is -0.0372. The van der Waals surface area contributed by atoms with E-state index in [2.05, 4.69) is 0 Å². The Morgan fingerprint density at radius 2 is 1.10 bits per heavy atom. The van der Waals surface area contributed by atoms with Crippen molar-refractivity contribution in [3.63, 3.8) is 0 Å². The molecule has 0 bridgehead atoms. The van der Waals surface area contributed by atoms with E-state index in [0.29, 0.717) is 95.3 Å². The predicted octanol–water partition coefficient (Wildman–Crippen LogP) is 2.27. The molecule has 0 radical (unpaired) electrons. The maximum absolute atomic E-state index is 12.5. The number of carbonyl (C=O) groups excluding carboxylic acids is 1. The topological polar surface area (TPSA) is 81.7 Å². The van der Waals surface area contributed by atoms with E-state index in [1.54, 1.807) is 12.1 Å². The van der Waals surface area contributed by atoms with Crippen molar-refractivity contribution in [3.8, 4) is 17.2 Å².